The quantitative estimate of drug-likeness (QED) is 0.0418. The molecule has 0 amide bonds. The predicted octanol–water partition coefficient (Wildman–Crippen LogP) is -4.47. The van der Waals surface area contributed by atoms with Crippen molar-refractivity contribution in [3.63, 3.8) is 0 Å². The highest BCUT2D eigenvalue weighted by Crippen LogP contribution is 2.76. The summed E-state index contributed by atoms with van der Waals surface area (Å²) in [6.07, 6.45) is -37.0. The fourth-order valence-electron chi connectivity index (χ4n) is 18.7. The molecule has 30 heteroatoms. The lowest BCUT2D eigenvalue weighted by atomic mass is 9.33. The number of rotatable bonds is 15. The number of hydrogen-bond acceptors (Lipinski definition) is 30. The van der Waals surface area contributed by atoms with Crippen molar-refractivity contribution in [2.24, 2.45) is 50.2 Å². The van der Waals surface area contributed by atoms with Gasteiger partial charge >= 0.3 is 5.97 Å². The zero-order valence-electron chi connectivity index (χ0n) is 53.9. The van der Waals surface area contributed by atoms with Gasteiger partial charge in [0.1, 0.15) is 103 Å². The largest absolute Gasteiger partial charge is 0.432 e. The number of esters is 1. The topological polar surface area (TPSA) is 472 Å². The van der Waals surface area contributed by atoms with Crippen molar-refractivity contribution in [2.75, 3.05) is 39.6 Å². The fraction of sp³-hybridized carbons (Fsp3) is 0.952. The molecule has 0 aromatic carbocycles. The van der Waals surface area contributed by atoms with E-state index in [1.54, 1.807) is 0 Å². The van der Waals surface area contributed by atoms with E-state index in [-0.39, 0.29) is 29.6 Å². The number of hydrogen-bond donors (Lipinski definition) is 17. The first-order chi connectivity index (χ1) is 43.6. The van der Waals surface area contributed by atoms with E-state index in [2.05, 4.69) is 40.7 Å². The number of allylic oxidation sites excluding steroid dienone is 2. The van der Waals surface area contributed by atoms with Crippen molar-refractivity contribution in [2.45, 2.75) is 285 Å². The molecule has 4 saturated carbocycles. The molecule has 0 aromatic rings. The van der Waals surface area contributed by atoms with Crippen LogP contribution in [0, 0.1) is 50.2 Å². The third-order valence-electron chi connectivity index (χ3n) is 24.6. The van der Waals surface area contributed by atoms with Gasteiger partial charge in [-0.3, -0.25) is 4.79 Å². The SMILES string of the molecule is C[C@@H]1O[C@@H](O[C@@H]2[C@@H](O)[C@H](O[C@@H]3[C@@H](O[C@@H]4OC[C@](O)(CO)[C@H]4O)[C@@H](O)[C@H](O[C@H]4[C@H](OC(=O)[C@]56CCC(C)(C)C[C@H]5C5=CC[C@@H]7[C@@]8(C)C[C@H](O)[C@H](O[C@@H]9O[C@H](CO)[C@@H](O)[C@H](O)[C@H]9O)[C@@](C)(CO)[C@@H]8CC[C@@]7(C)[C@]5(C)CC6)OC[C@H](O)[C@@H]4O)O[C@H]3C)OC[C@H]2O)[C@H](O)[C@H](O)[C@H]1O. The number of fused-ring (bicyclic) bond motifs is 7. The van der Waals surface area contributed by atoms with Crippen LogP contribution in [0.4, 0.5) is 0 Å². The fourth-order valence-corrected chi connectivity index (χ4v) is 18.7. The molecule has 0 bridgehead atoms. The van der Waals surface area contributed by atoms with Crippen LogP contribution < -0.4 is 0 Å². The minimum absolute atomic E-state index is 0.0568. The summed E-state index contributed by atoms with van der Waals surface area (Å²) in [5, 5.41) is 187. The Labute approximate surface area is 539 Å². The Morgan fingerprint density at radius 2 is 1.13 bits per heavy atom. The van der Waals surface area contributed by atoms with Crippen LogP contribution in [0.15, 0.2) is 11.6 Å². The molecular formula is C63H102O30. The molecule has 0 unspecified atom stereocenters. The van der Waals surface area contributed by atoms with Gasteiger partial charge in [0.15, 0.2) is 37.6 Å². The number of ether oxygens (including phenoxy) is 12. The van der Waals surface area contributed by atoms with Gasteiger partial charge in [-0.05, 0) is 111 Å². The van der Waals surface area contributed by atoms with Crippen LogP contribution in [0.5, 0.6) is 0 Å². The average Bonchev–Trinajstić information content (AvgIpc) is 0.951. The number of aliphatic hydroxyl groups is 17. The number of aliphatic hydroxyl groups excluding tert-OH is 16. The van der Waals surface area contributed by atoms with E-state index in [4.69, 9.17) is 56.8 Å². The Hall–Kier alpha value is -1.91. The minimum Gasteiger partial charge on any atom is -0.432 e. The molecule has 6 heterocycles. The van der Waals surface area contributed by atoms with Crippen molar-refractivity contribution >= 4 is 5.97 Å². The Morgan fingerprint density at radius 1 is 0.538 bits per heavy atom. The summed E-state index contributed by atoms with van der Waals surface area (Å²) >= 11 is 0. The second-order valence-electron chi connectivity index (χ2n) is 30.7. The van der Waals surface area contributed by atoms with Gasteiger partial charge in [0.25, 0.3) is 0 Å². The molecule has 93 heavy (non-hydrogen) atoms. The van der Waals surface area contributed by atoms with Gasteiger partial charge < -0.3 is 144 Å². The van der Waals surface area contributed by atoms with Crippen molar-refractivity contribution in [3.05, 3.63) is 11.6 Å². The summed E-state index contributed by atoms with van der Waals surface area (Å²) in [6.45, 7) is 12.0. The standard InChI is InChI=1S/C63H102O30/c1-25-35(70)38(73)40(75)51(85-25)89-45-31(69)21-82-50(42(45)77)88-44-26(2)86-53(43(78)46(44)90-55-48(79)63(81,23-66)24-84-55)91-47-36(71)30(68)20-83-54(47)93-56(80)62-15-13-57(3,4)17-28(62)27-9-10-34-58(5)18-29(67)49(92-52-41(76)39(74)37(72)32(19-64)87-52)59(6,22-65)33(58)11-12-61(34,8)60(27,7)14-16-62/h9,25-26,28-55,64-79,81H,10-24H2,1-8H3/t25-,26-,28-,29-,30-,31+,32+,33+,34+,35-,36-,37+,38+,39-,40+,41+,42+,43+,44-,45-,46-,47+,48-,49-,50-,51-,52-,53-,54-,55-,58-,59-,60+,61+,62-,63+/m0/s1. The molecule has 10 fully saturated rings. The van der Waals surface area contributed by atoms with E-state index in [0.717, 1.165) is 5.57 Å². The molecule has 0 aromatic heterocycles. The van der Waals surface area contributed by atoms with Crippen molar-refractivity contribution < 1.29 is 148 Å². The zero-order valence-corrected chi connectivity index (χ0v) is 53.9. The van der Waals surface area contributed by atoms with Gasteiger partial charge in [0.2, 0.25) is 6.29 Å². The van der Waals surface area contributed by atoms with Crippen LogP contribution >= 0.6 is 0 Å². The van der Waals surface area contributed by atoms with Crippen molar-refractivity contribution in [3.8, 4) is 0 Å². The van der Waals surface area contributed by atoms with Gasteiger partial charge in [0, 0.05) is 5.41 Å². The highest BCUT2D eigenvalue weighted by atomic mass is 16.8. The normalized spacial score (nSPS) is 55.6. The van der Waals surface area contributed by atoms with Crippen LogP contribution in [0.3, 0.4) is 0 Å². The lowest BCUT2D eigenvalue weighted by Crippen LogP contribution is -2.69. The van der Waals surface area contributed by atoms with Gasteiger partial charge in [-0.2, -0.15) is 0 Å². The van der Waals surface area contributed by atoms with Crippen LogP contribution in [-0.4, -0.2) is 304 Å². The summed E-state index contributed by atoms with van der Waals surface area (Å²) in [7, 11) is 0. The maximum Gasteiger partial charge on any atom is 0.315 e. The molecule has 11 aliphatic rings. The summed E-state index contributed by atoms with van der Waals surface area (Å²) in [5.74, 6) is -1.29. The summed E-state index contributed by atoms with van der Waals surface area (Å²) in [6, 6.07) is 0. The van der Waals surface area contributed by atoms with Crippen LogP contribution in [0.2, 0.25) is 0 Å². The third kappa shape index (κ3) is 12.1. The van der Waals surface area contributed by atoms with Crippen molar-refractivity contribution in [1.82, 2.24) is 0 Å². The molecule has 0 spiro atoms. The average molecular weight is 1340 g/mol. The van der Waals surface area contributed by atoms with E-state index in [0.29, 0.717) is 51.4 Å². The monoisotopic (exact) mass is 1340 g/mol. The molecule has 36 atom stereocenters. The minimum atomic E-state index is -2.22. The van der Waals surface area contributed by atoms with E-state index in [1.807, 2.05) is 6.92 Å². The predicted molar refractivity (Wildman–Crippen MR) is 310 cm³/mol. The molecule has 5 aliphatic carbocycles. The molecule has 6 aliphatic heterocycles. The molecule has 534 valence electrons. The highest BCUT2D eigenvalue weighted by Gasteiger charge is 2.72. The van der Waals surface area contributed by atoms with Gasteiger partial charge in [-0.15, -0.1) is 0 Å². The molecule has 0 radical (unpaired) electrons. The Balaban J connectivity index is 0.831. The van der Waals surface area contributed by atoms with Crippen molar-refractivity contribution in [1.29, 1.82) is 0 Å². The smallest absolute Gasteiger partial charge is 0.315 e. The maximum absolute atomic E-state index is 15.6. The lowest BCUT2D eigenvalue weighted by Gasteiger charge is -2.72. The first kappa shape index (κ1) is 72.3. The number of carbonyl (C=O) groups is 1. The molecule has 6 saturated heterocycles. The Kier molecular flexibility index (Phi) is 20.7. The highest BCUT2D eigenvalue weighted by molar-refractivity contribution is 5.79. The van der Waals surface area contributed by atoms with E-state index in [1.165, 1.54) is 13.8 Å². The molecule has 11 rings (SSSR count). The molecular weight excluding hydrogens is 1240 g/mol. The van der Waals surface area contributed by atoms with Gasteiger partial charge in [-0.1, -0.05) is 53.2 Å². The first-order valence-electron chi connectivity index (χ1n) is 33.0. The van der Waals surface area contributed by atoms with Crippen LogP contribution in [0.25, 0.3) is 0 Å². The van der Waals surface area contributed by atoms with E-state index < -0.39 is 244 Å². The van der Waals surface area contributed by atoms with Gasteiger partial charge in [-0.25, -0.2) is 0 Å². The van der Waals surface area contributed by atoms with E-state index >= 15 is 4.79 Å². The Morgan fingerprint density at radius 3 is 1.80 bits per heavy atom. The summed E-state index contributed by atoms with van der Waals surface area (Å²) < 4.78 is 72.2. The van der Waals surface area contributed by atoms with Crippen LogP contribution in [0.1, 0.15) is 113 Å². The van der Waals surface area contributed by atoms with Gasteiger partial charge in [0.05, 0.1) is 69.5 Å². The second-order valence-corrected chi connectivity index (χ2v) is 30.7. The summed E-state index contributed by atoms with van der Waals surface area (Å²) in [5.41, 5.74) is -5.13. The molecule has 30 nitrogen and oxygen atoms in total. The third-order valence-corrected chi connectivity index (χ3v) is 24.6. The van der Waals surface area contributed by atoms with E-state index in [9.17, 15) is 86.8 Å². The summed E-state index contributed by atoms with van der Waals surface area (Å²) in [4.78, 5) is 15.6. The second kappa shape index (κ2) is 26.6. The Bertz CT molecular complexity index is 2640. The van der Waals surface area contributed by atoms with Crippen LogP contribution in [-0.2, 0) is 61.6 Å². The lowest BCUT2D eigenvalue weighted by molar-refractivity contribution is -0.387. The zero-order chi connectivity index (χ0) is 67.8. The first-order valence-corrected chi connectivity index (χ1v) is 33.0. The number of carbonyl (C=O) groups excluding carboxylic acids is 1. The molecule has 17 N–H and O–H groups in total. The maximum atomic E-state index is 15.6.